The molecular formula is C27H26N2O4. The van der Waals surface area contributed by atoms with Crippen molar-refractivity contribution in [2.24, 2.45) is 5.16 Å². The molecule has 0 spiro atoms. The summed E-state index contributed by atoms with van der Waals surface area (Å²) in [5.74, 6) is -0.341. The summed E-state index contributed by atoms with van der Waals surface area (Å²) in [5, 5.41) is 13.4. The zero-order valence-electron chi connectivity index (χ0n) is 18.3. The first-order valence-corrected chi connectivity index (χ1v) is 11.0. The van der Waals surface area contributed by atoms with E-state index in [-0.39, 0.29) is 6.61 Å². The number of carboxylic acid groups (broad SMARTS) is 1. The maximum Gasteiger partial charge on any atom is 0.341 e. The Morgan fingerprint density at radius 3 is 2.73 bits per heavy atom. The van der Waals surface area contributed by atoms with E-state index in [1.54, 1.807) is 12.4 Å². The molecule has 3 aromatic rings. The molecule has 0 fully saturated rings. The van der Waals surface area contributed by atoms with Gasteiger partial charge in [-0.25, -0.2) is 4.79 Å². The standard InChI is InChI=1S/C27H26N2O4/c30-27(31)19-32-26-13-5-11-23-21(9-4-12-24(23)26)14-16-33-29-25(22-10-6-15-28-18-22)17-20-7-2-1-3-8-20/h1-3,5-8,10-11,13-15,18H,4,9,12,16-17,19H2,(H,30,31). The number of ether oxygens (including phenoxy) is 1. The summed E-state index contributed by atoms with van der Waals surface area (Å²) in [4.78, 5) is 20.8. The van der Waals surface area contributed by atoms with Crippen LogP contribution in [0.5, 0.6) is 5.75 Å². The molecule has 0 bridgehead atoms. The highest BCUT2D eigenvalue weighted by Gasteiger charge is 2.18. The van der Waals surface area contributed by atoms with E-state index in [0.717, 1.165) is 47.2 Å². The second-order valence-electron chi connectivity index (χ2n) is 7.79. The maximum absolute atomic E-state index is 10.9. The molecule has 1 aliphatic rings. The van der Waals surface area contributed by atoms with E-state index in [1.165, 1.54) is 5.57 Å². The van der Waals surface area contributed by atoms with Gasteiger partial charge in [-0.05, 0) is 60.2 Å². The normalized spacial score (nSPS) is 14.5. The smallest absolute Gasteiger partial charge is 0.341 e. The number of rotatable bonds is 9. The van der Waals surface area contributed by atoms with Crippen molar-refractivity contribution in [2.45, 2.75) is 25.7 Å². The Labute approximate surface area is 193 Å². The Hall–Kier alpha value is -3.93. The molecule has 1 aromatic heterocycles. The van der Waals surface area contributed by atoms with Crippen LogP contribution in [0.4, 0.5) is 0 Å². The van der Waals surface area contributed by atoms with Crippen LogP contribution in [0.3, 0.4) is 0 Å². The van der Waals surface area contributed by atoms with Gasteiger partial charge in [0, 0.05) is 29.9 Å². The van der Waals surface area contributed by atoms with Crippen molar-refractivity contribution in [1.82, 2.24) is 4.98 Å². The van der Waals surface area contributed by atoms with Gasteiger partial charge < -0.3 is 14.7 Å². The predicted octanol–water partition coefficient (Wildman–Crippen LogP) is 4.93. The minimum atomic E-state index is -0.981. The van der Waals surface area contributed by atoms with E-state index in [1.807, 2.05) is 54.6 Å². The Bertz CT molecular complexity index is 1140. The number of hydrogen-bond acceptors (Lipinski definition) is 5. The first-order chi connectivity index (χ1) is 16.2. The zero-order valence-corrected chi connectivity index (χ0v) is 18.3. The number of fused-ring (bicyclic) bond motifs is 1. The third-order valence-electron chi connectivity index (χ3n) is 5.49. The van der Waals surface area contributed by atoms with Crippen LogP contribution in [-0.2, 0) is 22.5 Å². The van der Waals surface area contributed by atoms with Gasteiger partial charge in [0.15, 0.2) is 6.61 Å². The number of allylic oxidation sites excluding steroid dienone is 1. The van der Waals surface area contributed by atoms with E-state index in [2.05, 4.69) is 22.3 Å². The van der Waals surface area contributed by atoms with Gasteiger partial charge in [0.25, 0.3) is 0 Å². The number of benzene rings is 2. The molecule has 0 aliphatic heterocycles. The minimum absolute atomic E-state index is 0.341. The van der Waals surface area contributed by atoms with Crippen LogP contribution in [0.2, 0.25) is 0 Å². The Balaban J connectivity index is 1.49. The maximum atomic E-state index is 10.9. The lowest BCUT2D eigenvalue weighted by Gasteiger charge is -2.21. The summed E-state index contributed by atoms with van der Waals surface area (Å²) in [6.07, 6.45) is 9.00. The lowest BCUT2D eigenvalue weighted by atomic mass is 9.86. The molecule has 0 amide bonds. The number of oxime groups is 1. The lowest BCUT2D eigenvalue weighted by molar-refractivity contribution is -0.139. The molecular weight excluding hydrogens is 416 g/mol. The van der Waals surface area contributed by atoms with Gasteiger partial charge in [0.1, 0.15) is 12.4 Å². The fourth-order valence-electron chi connectivity index (χ4n) is 3.96. The number of hydrogen-bond donors (Lipinski definition) is 1. The quantitative estimate of drug-likeness (QED) is 0.289. The number of aliphatic carboxylic acids is 1. The van der Waals surface area contributed by atoms with E-state index >= 15 is 0 Å². The van der Waals surface area contributed by atoms with Gasteiger partial charge in [-0.3, -0.25) is 4.98 Å². The van der Waals surface area contributed by atoms with Gasteiger partial charge >= 0.3 is 5.97 Å². The molecule has 1 aliphatic carbocycles. The predicted molar refractivity (Wildman–Crippen MR) is 127 cm³/mol. The van der Waals surface area contributed by atoms with Gasteiger partial charge in [-0.1, -0.05) is 47.6 Å². The average Bonchev–Trinajstić information content (AvgIpc) is 2.85. The summed E-state index contributed by atoms with van der Waals surface area (Å²) in [6, 6.07) is 19.8. The van der Waals surface area contributed by atoms with Crippen molar-refractivity contribution < 1.29 is 19.5 Å². The van der Waals surface area contributed by atoms with Crippen LogP contribution in [0.1, 0.15) is 35.1 Å². The molecule has 6 heteroatoms. The molecule has 4 rings (SSSR count). The molecule has 0 atom stereocenters. The Morgan fingerprint density at radius 2 is 1.94 bits per heavy atom. The van der Waals surface area contributed by atoms with Crippen molar-refractivity contribution in [2.75, 3.05) is 13.2 Å². The molecule has 168 valence electrons. The van der Waals surface area contributed by atoms with Crippen molar-refractivity contribution in [3.05, 3.63) is 101 Å². The summed E-state index contributed by atoms with van der Waals surface area (Å²) < 4.78 is 5.49. The molecule has 6 nitrogen and oxygen atoms in total. The fourth-order valence-corrected chi connectivity index (χ4v) is 3.96. The number of carbonyl (C=O) groups is 1. The molecule has 0 saturated carbocycles. The van der Waals surface area contributed by atoms with E-state index in [4.69, 9.17) is 14.7 Å². The number of pyridine rings is 1. The van der Waals surface area contributed by atoms with Crippen LogP contribution in [0.15, 0.2) is 84.3 Å². The van der Waals surface area contributed by atoms with Crippen molar-refractivity contribution in [1.29, 1.82) is 0 Å². The number of nitrogens with zero attached hydrogens (tertiary/aromatic N) is 2. The van der Waals surface area contributed by atoms with Crippen LogP contribution in [0.25, 0.3) is 5.57 Å². The monoisotopic (exact) mass is 442 g/mol. The second-order valence-corrected chi connectivity index (χ2v) is 7.79. The molecule has 1 N–H and O–H groups in total. The SMILES string of the molecule is O=C(O)COc1cccc2c1CCCC2=CCON=C(Cc1ccccc1)c1cccnc1. The molecule has 0 saturated heterocycles. The molecule has 1 heterocycles. The van der Waals surface area contributed by atoms with Crippen LogP contribution in [0, 0.1) is 0 Å². The van der Waals surface area contributed by atoms with Crippen LogP contribution in [-0.4, -0.2) is 35.0 Å². The highest BCUT2D eigenvalue weighted by molar-refractivity contribution is 6.01. The summed E-state index contributed by atoms with van der Waals surface area (Å²) in [5.41, 5.74) is 6.21. The van der Waals surface area contributed by atoms with E-state index < -0.39 is 5.97 Å². The molecule has 0 radical (unpaired) electrons. The summed E-state index contributed by atoms with van der Waals surface area (Å²) >= 11 is 0. The van der Waals surface area contributed by atoms with Gasteiger partial charge in [0.2, 0.25) is 0 Å². The fraction of sp³-hybridized carbons (Fsp3) is 0.222. The topological polar surface area (TPSA) is 81.0 Å². The van der Waals surface area contributed by atoms with Crippen LogP contribution < -0.4 is 4.74 Å². The van der Waals surface area contributed by atoms with Gasteiger partial charge in [0.05, 0.1) is 5.71 Å². The van der Waals surface area contributed by atoms with Crippen molar-refractivity contribution >= 4 is 17.3 Å². The third kappa shape index (κ3) is 6.07. The van der Waals surface area contributed by atoms with E-state index in [0.29, 0.717) is 18.8 Å². The first kappa shape index (κ1) is 22.3. The largest absolute Gasteiger partial charge is 0.482 e. The Kier molecular flexibility index (Phi) is 7.48. The highest BCUT2D eigenvalue weighted by atomic mass is 16.6. The first-order valence-electron chi connectivity index (χ1n) is 11.0. The van der Waals surface area contributed by atoms with Gasteiger partial charge in [-0.2, -0.15) is 0 Å². The third-order valence-corrected chi connectivity index (χ3v) is 5.49. The summed E-state index contributed by atoms with van der Waals surface area (Å²) in [7, 11) is 0. The minimum Gasteiger partial charge on any atom is -0.482 e. The zero-order chi connectivity index (χ0) is 22.9. The average molecular weight is 443 g/mol. The Morgan fingerprint density at radius 1 is 1.06 bits per heavy atom. The number of aromatic nitrogens is 1. The van der Waals surface area contributed by atoms with Crippen molar-refractivity contribution in [3.8, 4) is 5.75 Å². The second kappa shape index (κ2) is 11.1. The summed E-state index contributed by atoms with van der Waals surface area (Å²) in [6.45, 7) is -0.000598. The van der Waals surface area contributed by atoms with Crippen LogP contribution >= 0.6 is 0 Å². The lowest BCUT2D eigenvalue weighted by Crippen LogP contribution is -2.12. The van der Waals surface area contributed by atoms with Crippen molar-refractivity contribution in [3.63, 3.8) is 0 Å². The van der Waals surface area contributed by atoms with Gasteiger partial charge in [-0.15, -0.1) is 0 Å². The number of carboxylic acids is 1. The molecule has 0 unspecified atom stereocenters. The molecule has 33 heavy (non-hydrogen) atoms. The van der Waals surface area contributed by atoms with E-state index in [9.17, 15) is 4.79 Å². The molecule has 2 aromatic carbocycles. The highest BCUT2D eigenvalue weighted by Crippen LogP contribution is 2.36.